The summed E-state index contributed by atoms with van der Waals surface area (Å²) in [5.74, 6) is -1.54. The number of aromatic nitrogens is 1. The van der Waals surface area contributed by atoms with Crippen molar-refractivity contribution < 1.29 is 26.7 Å². The second-order valence-corrected chi connectivity index (χ2v) is 3.23. The monoisotopic (exact) mass is 213 g/mol. The average Bonchev–Trinajstić information content (AvgIpc) is 2.43. The summed E-state index contributed by atoms with van der Waals surface area (Å²) < 4.78 is 1.21. The molecule has 0 aliphatic rings. The molecule has 0 saturated carbocycles. The van der Waals surface area contributed by atoms with Gasteiger partial charge in [0.05, 0.1) is 0 Å². The third-order valence-electron chi connectivity index (χ3n) is 0.526. The van der Waals surface area contributed by atoms with Crippen molar-refractivity contribution in [2.24, 2.45) is 5.73 Å². The molecular formula is C2H2CuN2O2S2. The summed E-state index contributed by atoms with van der Waals surface area (Å²) in [6.45, 7) is 0. The summed E-state index contributed by atoms with van der Waals surface area (Å²) in [7, 11) is 2.41. The van der Waals surface area contributed by atoms with Gasteiger partial charge < -0.3 is 5.73 Å². The first-order valence-corrected chi connectivity index (χ1v) is 3.77. The van der Waals surface area contributed by atoms with E-state index in [4.69, 9.17) is 0 Å². The van der Waals surface area contributed by atoms with Crippen LogP contribution in [0.15, 0.2) is 0 Å². The Morgan fingerprint density at radius 1 is 1.33 bits per heavy atom. The number of primary amides is 1. The number of nitrogens with zero attached hydrogens (tertiary/aromatic N) is 1. The minimum atomic E-state index is -0.900. The number of hydrogen-bond donors (Lipinski definition) is 1. The summed E-state index contributed by atoms with van der Waals surface area (Å²) in [5.41, 5.74) is 4.62. The van der Waals surface area contributed by atoms with E-state index in [2.05, 4.69) is 5.73 Å². The maximum Gasteiger partial charge on any atom is 0.339 e. The molecule has 0 unspecified atom stereocenters. The first-order valence-electron chi connectivity index (χ1n) is 1.70. The fraction of sp³-hybridized carbons (Fsp3) is 0. The molecule has 1 rings (SSSR count). The maximum atomic E-state index is 10.3. The van der Waals surface area contributed by atoms with Crippen LogP contribution in [0.3, 0.4) is 0 Å². The summed E-state index contributed by atoms with van der Waals surface area (Å²) >= 11 is 0. The van der Waals surface area contributed by atoms with Gasteiger partial charge in [-0.15, -0.1) is 0 Å². The first kappa shape index (κ1) is 8.90. The fourth-order valence-electron chi connectivity index (χ4n) is 0.174. The van der Waals surface area contributed by atoms with Crippen LogP contribution < -0.4 is 5.73 Å². The smallest absolute Gasteiger partial charge is 0.339 e. The van der Waals surface area contributed by atoms with Crippen molar-refractivity contribution in [1.29, 1.82) is 0 Å². The minimum absolute atomic E-state index is 0. The molecule has 0 saturated heterocycles. The Bertz CT molecular complexity index is 203. The van der Waals surface area contributed by atoms with Gasteiger partial charge in [-0.1, -0.05) is 0 Å². The molecule has 2 N–H and O–H groups in total. The molecule has 1 aromatic rings. The molecule has 7 heteroatoms. The van der Waals surface area contributed by atoms with Gasteiger partial charge in [0.15, 0.2) is 0 Å². The molecule has 1 heterocycles. The molecule has 0 aliphatic carbocycles. The van der Waals surface area contributed by atoms with Gasteiger partial charge in [-0.05, 0) is 0 Å². The van der Waals surface area contributed by atoms with Gasteiger partial charge in [-0.2, -0.15) is 3.35 Å². The largest absolute Gasteiger partial charge is 0.361 e. The Hall–Kier alpha value is -0.101. The number of carbonyl (C=O) groups excluding carboxylic acids is 2. The van der Waals surface area contributed by atoms with E-state index in [1.54, 1.807) is 0 Å². The van der Waals surface area contributed by atoms with Crippen LogP contribution in [0.1, 0.15) is 4.79 Å². The number of hydrogen-bond acceptors (Lipinski definition) is 4. The maximum absolute atomic E-state index is 10.3. The van der Waals surface area contributed by atoms with Gasteiger partial charge in [0.1, 0.15) is 0 Å². The molecular weight excluding hydrogens is 212 g/mol. The molecule has 1 aromatic heterocycles. The summed E-state index contributed by atoms with van der Waals surface area (Å²) in [6, 6.07) is 0. The Kier molecular flexibility index (Phi) is 3.13. The Morgan fingerprint density at radius 2 is 1.78 bits per heavy atom. The van der Waals surface area contributed by atoms with Crippen LogP contribution in [0.4, 0.5) is 0 Å². The van der Waals surface area contributed by atoms with Crippen molar-refractivity contribution in [2.45, 2.75) is 0 Å². The first-order chi connectivity index (χ1) is 3.72. The van der Waals surface area contributed by atoms with E-state index in [-0.39, 0.29) is 17.1 Å². The standard InChI is InChI=1S/C2H2N2O2S2.Cu/c3-1(5)2(6)4-7-8-4;/h(H2,3,5);. The van der Waals surface area contributed by atoms with E-state index >= 15 is 0 Å². The van der Waals surface area contributed by atoms with Gasteiger partial charge in [0.25, 0.3) is 0 Å². The van der Waals surface area contributed by atoms with E-state index in [0.29, 0.717) is 0 Å². The molecule has 1 amide bonds. The van der Waals surface area contributed by atoms with Crippen molar-refractivity contribution in [3.63, 3.8) is 0 Å². The van der Waals surface area contributed by atoms with E-state index in [9.17, 15) is 9.59 Å². The SMILES string of the molecule is NC(=O)C(=O)n1ss1.[Cu]. The molecule has 0 spiro atoms. The van der Waals surface area contributed by atoms with Gasteiger partial charge in [-0.3, -0.25) is 9.59 Å². The van der Waals surface area contributed by atoms with Crippen molar-refractivity contribution in [1.82, 2.24) is 3.35 Å². The predicted molar refractivity (Wildman–Crippen MR) is 30.0 cm³/mol. The summed E-state index contributed by atoms with van der Waals surface area (Å²) in [6.07, 6.45) is 0. The van der Waals surface area contributed by atoms with Crippen LogP contribution in [0, 0.1) is 0 Å². The van der Waals surface area contributed by atoms with Crippen molar-refractivity contribution in [2.75, 3.05) is 0 Å². The molecule has 0 aromatic carbocycles. The van der Waals surface area contributed by atoms with Crippen LogP contribution in [0.2, 0.25) is 0 Å². The summed E-state index contributed by atoms with van der Waals surface area (Å²) in [5, 5.41) is 0. The molecule has 0 atom stereocenters. The second kappa shape index (κ2) is 3.17. The Labute approximate surface area is 68.8 Å². The quantitative estimate of drug-likeness (QED) is 0.367. The van der Waals surface area contributed by atoms with Crippen molar-refractivity contribution >= 4 is 32.9 Å². The van der Waals surface area contributed by atoms with Crippen LogP contribution in [-0.4, -0.2) is 15.2 Å². The van der Waals surface area contributed by atoms with E-state index in [0.717, 1.165) is 0 Å². The number of carbonyl (C=O) groups is 2. The van der Waals surface area contributed by atoms with Crippen molar-refractivity contribution in [3.8, 4) is 0 Å². The molecule has 0 bridgehead atoms. The van der Waals surface area contributed by atoms with Gasteiger partial charge in [-0.25, -0.2) is 0 Å². The third kappa shape index (κ3) is 2.31. The fourth-order valence-corrected chi connectivity index (χ4v) is 1.03. The molecule has 55 valence electrons. The van der Waals surface area contributed by atoms with E-state index in [1.165, 1.54) is 24.4 Å². The topological polar surface area (TPSA) is 65.1 Å². The Balaban J connectivity index is 0.000000640. The number of amides is 1. The molecule has 0 fully saturated rings. The summed E-state index contributed by atoms with van der Waals surface area (Å²) in [4.78, 5) is 20.3. The third-order valence-corrected chi connectivity index (χ3v) is 2.05. The van der Waals surface area contributed by atoms with E-state index < -0.39 is 11.8 Å². The zero-order valence-corrected chi connectivity index (χ0v) is 6.53. The molecule has 9 heavy (non-hydrogen) atoms. The van der Waals surface area contributed by atoms with Crippen LogP contribution in [0.5, 0.6) is 0 Å². The van der Waals surface area contributed by atoms with E-state index in [1.807, 2.05) is 0 Å². The minimum Gasteiger partial charge on any atom is -0.361 e. The predicted octanol–water partition coefficient (Wildman–Crippen LogP) is -0.266. The normalized spacial score (nSPS) is 8.44. The van der Waals surface area contributed by atoms with Crippen LogP contribution >= 0.6 is 21.1 Å². The van der Waals surface area contributed by atoms with Crippen molar-refractivity contribution in [3.05, 3.63) is 0 Å². The van der Waals surface area contributed by atoms with Gasteiger partial charge in [0, 0.05) is 38.1 Å². The molecule has 4 nitrogen and oxygen atoms in total. The average molecular weight is 214 g/mol. The second-order valence-electron chi connectivity index (χ2n) is 1.08. The number of rotatable bonds is 0. The van der Waals surface area contributed by atoms with Gasteiger partial charge >= 0.3 is 11.8 Å². The van der Waals surface area contributed by atoms with Gasteiger partial charge in [0.2, 0.25) is 0 Å². The number of nitrogens with two attached hydrogens (primary N) is 1. The molecule has 1 radical (unpaired) electrons. The van der Waals surface area contributed by atoms with Crippen LogP contribution in [0.25, 0.3) is 0 Å². The zero-order valence-electron chi connectivity index (χ0n) is 3.96. The van der Waals surface area contributed by atoms with Crippen LogP contribution in [-0.2, 0) is 21.9 Å². The zero-order chi connectivity index (χ0) is 6.15. The Morgan fingerprint density at radius 3 is 1.89 bits per heavy atom. The molecule has 0 aliphatic heterocycles.